The third-order valence-corrected chi connectivity index (χ3v) is 5.74. The van der Waals surface area contributed by atoms with Crippen molar-refractivity contribution in [1.82, 2.24) is 0 Å². The molecule has 2 nitrogen and oxygen atoms in total. The molecule has 28 heavy (non-hydrogen) atoms. The number of benzene rings is 1. The van der Waals surface area contributed by atoms with Gasteiger partial charge < -0.3 is 9.47 Å². The highest BCUT2D eigenvalue weighted by Gasteiger charge is 2.05. The van der Waals surface area contributed by atoms with Crippen LogP contribution in [0.4, 0.5) is 0 Å². The number of unbranched alkanes of at least 4 members (excludes halogenated alkanes) is 11. The van der Waals surface area contributed by atoms with Gasteiger partial charge in [0.2, 0.25) is 0 Å². The minimum absolute atomic E-state index is 0.659. The van der Waals surface area contributed by atoms with Gasteiger partial charge in [-0.15, -0.1) is 0 Å². The Balaban J connectivity index is 1.99. The fourth-order valence-corrected chi connectivity index (χ4v) is 3.73. The van der Waals surface area contributed by atoms with Crippen LogP contribution in [-0.2, 0) is 16.1 Å². The monoisotopic (exact) mass is 390 g/mol. The van der Waals surface area contributed by atoms with E-state index in [2.05, 4.69) is 38.1 Å². The zero-order valence-electron chi connectivity index (χ0n) is 19.0. The van der Waals surface area contributed by atoms with E-state index in [0.717, 1.165) is 0 Å². The molecule has 1 rings (SSSR count). The van der Waals surface area contributed by atoms with Crippen LogP contribution in [-0.4, -0.2) is 20.3 Å². The molecule has 2 heteroatoms. The molecule has 0 amide bonds. The molecule has 1 aromatic rings. The molecule has 0 fully saturated rings. The summed E-state index contributed by atoms with van der Waals surface area (Å²) in [5, 5.41) is 0. The summed E-state index contributed by atoms with van der Waals surface area (Å²) in [4.78, 5) is 0. The number of rotatable bonds is 19. The fourth-order valence-electron chi connectivity index (χ4n) is 3.73. The van der Waals surface area contributed by atoms with E-state index in [1.807, 2.05) is 0 Å². The molecule has 0 aliphatic heterocycles. The molecule has 1 aromatic carbocycles. The minimum Gasteiger partial charge on any atom is -0.382 e. The molecule has 0 N–H and O–H groups in total. The van der Waals surface area contributed by atoms with Crippen LogP contribution in [0.5, 0.6) is 0 Å². The summed E-state index contributed by atoms with van der Waals surface area (Å²) in [6.07, 6.45) is 18.4. The molecule has 162 valence electrons. The van der Waals surface area contributed by atoms with Gasteiger partial charge in [-0.25, -0.2) is 0 Å². The molecule has 0 aliphatic rings. The van der Waals surface area contributed by atoms with Crippen LogP contribution in [0.15, 0.2) is 24.3 Å². The van der Waals surface area contributed by atoms with Crippen molar-refractivity contribution in [3.8, 4) is 0 Å². The average Bonchev–Trinajstić information content (AvgIpc) is 2.72. The third-order valence-electron chi connectivity index (χ3n) is 5.74. The predicted octanol–water partition coefficient (Wildman–Crippen LogP) is 8.04. The van der Waals surface area contributed by atoms with Crippen LogP contribution in [0, 0.1) is 0 Å². The van der Waals surface area contributed by atoms with Crippen LogP contribution < -0.4 is 0 Å². The Kier molecular flexibility index (Phi) is 16.4. The summed E-state index contributed by atoms with van der Waals surface area (Å²) in [7, 11) is 1.70. The highest BCUT2D eigenvalue weighted by molar-refractivity contribution is 5.24. The van der Waals surface area contributed by atoms with E-state index in [-0.39, 0.29) is 0 Å². The van der Waals surface area contributed by atoms with Crippen molar-refractivity contribution in [2.75, 3.05) is 20.3 Å². The molecule has 0 spiro atoms. The van der Waals surface area contributed by atoms with E-state index in [1.165, 1.54) is 94.6 Å². The summed E-state index contributed by atoms with van der Waals surface area (Å²) in [5.74, 6) is 0.659. The van der Waals surface area contributed by atoms with Gasteiger partial charge in [0.25, 0.3) is 0 Å². The molecule has 0 bridgehead atoms. The van der Waals surface area contributed by atoms with Gasteiger partial charge in [0.05, 0.1) is 19.8 Å². The Morgan fingerprint density at radius 2 is 1.25 bits per heavy atom. The lowest BCUT2D eigenvalue weighted by atomic mass is 9.94. The summed E-state index contributed by atoms with van der Waals surface area (Å²) >= 11 is 0. The van der Waals surface area contributed by atoms with Gasteiger partial charge in [0, 0.05) is 7.11 Å². The van der Waals surface area contributed by atoms with E-state index < -0.39 is 0 Å². The Morgan fingerprint density at radius 3 is 1.79 bits per heavy atom. The second-order valence-corrected chi connectivity index (χ2v) is 8.37. The van der Waals surface area contributed by atoms with Crippen LogP contribution in [0.2, 0.25) is 0 Å². The summed E-state index contributed by atoms with van der Waals surface area (Å²) in [5.41, 5.74) is 2.71. The number of hydrogen-bond acceptors (Lipinski definition) is 2. The molecular formula is C26H46O2. The van der Waals surface area contributed by atoms with Crippen molar-refractivity contribution in [1.29, 1.82) is 0 Å². The summed E-state index contributed by atoms with van der Waals surface area (Å²) in [6.45, 7) is 6.65. The summed E-state index contributed by atoms with van der Waals surface area (Å²) < 4.78 is 10.6. The quantitative estimate of drug-likeness (QED) is 0.222. The van der Waals surface area contributed by atoms with E-state index in [0.29, 0.717) is 25.7 Å². The van der Waals surface area contributed by atoms with Crippen LogP contribution >= 0.6 is 0 Å². The molecule has 0 radical (unpaired) electrons. The highest BCUT2D eigenvalue weighted by atomic mass is 16.5. The SMILES string of the molecule is CCCCCCCCCCCCCCC(C)c1ccc(COCCOC)cc1. The molecule has 0 saturated carbocycles. The number of methoxy groups -OCH3 is 1. The Bertz CT molecular complexity index is 440. The first-order valence-electron chi connectivity index (χ1n) is 11.9. The Morgan fingerprint density at radius 1 is 0.714 bits per heavy atom. The zero-order chi connectivity index (χ0) is 20.3. The van der Waals surface area contributed by atoms with Gasteiger partial charge in [-0.1, -0.05) is 115 Å². The first-order chi connectivity index (χ1) is 13.8. The van der Waals surface area contributed by atoms with Gasteiger partial charge in [-0.2, -0.15) is 0 Å². The van der Waals surface area contributed by atoms with Gasteiger partial charge in [-0.3, -0.25) is 0 Å². The predicted molar refractivity (Wildman–Crippen MR) is 122 cm³/mol. The minimum atomic E-state index is 0.659. The zero-order valence-corrected chi connectivity index (χ0v) is 19.0. The van der Waals surface area contributed by atoms with Crippen molar-refractivity contribution in [2.45, 2.75) is 110 Å². The van der Waals surface area contributed by atoms with Gasteiger partial charge in [0.1, 0.15) is 0 Å². The molecule has 1 unspecified atom stereocenters. The normalized spacial score (nSPS) is 12.4. The lowest BCUT2D eigenvalue weighted by molar-refractivity contribution is 0.0616. The first-order valence-corrected chi connectivity index (χ1v) is 11.9. The van der Waals surface area contributed by atoms with Crippen LogP contribution in [0.1, 0.15) is 114 Å². The van der Waals surface area contributed by atoms with Crippen molar-refractivity contribution in [3.63, 3.8) is 0 Å². The lowest BCUT2D eigenvalue weighted by Crippen LogP contribution is -2.02. The lowest BCUT2D eigenvalue weighted by Gasteiger charge is -2.13. The van der Waals surface area contributed by atoms with E-state index in [4.69, 9.17) is 9.47 Å². The fraction of sp³-hybridized carbons (Fsp3) is 0.769. The Hall–Kier alpha value is -0.860. The maximum Gasteiger partial charge on any atom is 0.0718 e. The summed E-state index contributed by atoms with van der Waals surface area (Å²) in [6, 6.07) is 8.97. The maximum absolute atomic E-state index is 5.58. The average molecular weight is 391 g/mol. The van der Waals surface area contributed by atoms with E-state index in [1.54, 1.807) is 7.11 Å². The molecule has 0 aliphatic carbocycles. The van der Waals surface area contributed by atoms with Crippen molar-refractivity contribution in [3.05, 3.63) is 35.4 Å². The number of ether oxygens (including phenoxy) is 2. The van der Waals surface area contributed by atoms with Gasteiger partial charge in [-0.05, 0) is 23.5 Å². The molecule has 0 aromatic heterocycles. The standard InChI is InChI=1S/C26H46O2/c1-4-5-6-7-8-9-10-11-12-13-14-15-16-24(2)26-19-17-25(18-20-26)23-28-22-21-27-3/h17-20,24H,4-16,21-23H2,1-3H3. The topological polar surface area (TPSA) is 18.5 Å². The number of hydrogen-bond donors (Lipinski definition) is 0. The maximum atomic E-state index is 5.58. The van der Waals surface area contributed by atoms with Crippen molar-refractivity contribution >= 4 is 0 Å². The molecule has 0 saturated heterocycles. The van der Waals surface area contributed by atoms with Crippen LogP contribution in [0.3, 0.4) is 0 Å². The molecular weight excluding hydrogens is 344 g/mol. The van der Waals surface area contributed by atoms with Gasteiger partial charge in [0.15, 0.2) is 0 Å². The smallest absolute Gasteiger partial charge is 0.0718 e. The Labute approximate surface area is 175 Å². The van der Waals surface area contributed by atoms with E-state index >= 15 is 0 Å². The van der Waals surface area contributed by atoms with Gasteiger partial charge >= 0.3 is 0 Å². The largest absolute Gasteiger partial charge is 0.382 e. The second kappa shape index (κ2) is 18.2. The van der Waals surface area contributed by atoms with E-state index in [9.17, 15) is 0 Å². The van der Waals surface area contributed by atoms with Crippen molar-refractivity contribution in [2.24, 2.45) is 0 Å². The van der Waals surface area contributed by atoms with Crippen molar-refractivity contribution < 1.29 is 9.47 Å². The second-order valence-electron chi connectivity index (χ2n) is 8.37. The molecule has 1 atom stereocenters. The highest BCUT2D eigenvalue weighted by Crippen LogP contribution is 2.23. The third kappa shape index (κ3) is 13.3. The first kappa shape index (κ1) is 25.2. The molecule has 0 heterocycles. The van der Waals surface area contributed by atoms with Crippen LogP contribution in [0.25, 0.3) is 0 Å².